The summed E-state index contributed by atoms with van der Waals surface area (Å²) in [6, 6.07) is 18.1. The van der Waals surface area contributed by atoms with E-state index in [1.54, 1.807) is 4.90 Å². The second-order valence-electron chi connectivity index (χ2n) is 9.24. The van der Waals surface area contributed by atoms with Gasteiger partial charge >= 0.3 is 0 Å². The summed E-state index contributed by atoms with van der Waals surface area (Å²) < 4.78 is 0. The molecule has 2 aromatic carbocycles. The van der Waals surface area contributed by atoms with Crippen molar-refractivity contribution in [1.82, 2.24) is 10.2 Å². The molecular weight excluding hydrogens is 384 g/mol. The third-order valence-corrected chi connectivity index (χ3v) is 5.65. The van der Waals surface area contributed by atoms with Crippen molar-refractivity contribution in [2.24, 2.45) is 0 Å². The number of nitrogens with zero attached hydrogens (tertiary/aromatic N) is 1. The third kappa shape index (κ3) is 7.86. The van der Waals surface area contributed by atoms with Crippen LogP contribution < -0.4 is 5.32 Å². The molecule has 0 unspecified atom stereocenters. The zero-order valence-electron chi connectivity index (χ0n) is 19.8. The summed E-state index contributed by atoms with van der Waals surface area (Å²) in [6.45, 7) is 11.6. The summed E-state index contributed by atoms with van der Waals surface area (Å²) in [5.74, 6) is -0.0623. The molecule has 0 spiro atoms. The quantitative estimate of drug-likeness (QED) is 0.592. The summed E-state index contributed by atoms with van der Waals surface area (Å²) in [5.41, 5.74) is 3.71. The van der Waals surface area contributed by atoms with Gasteiger partial charge in [-0.3, -0.25) is 9.59 Å². The van der Waals surface area contributed by atoms with Gasteiger partial charge in [-0.25, -0.2) is 0 Å². The van der Waals surface area contributed by atoms with Crippen molar-refractivity contribution in [1.29, 1.82) is 0 Å². The average molecular weight is 423 g/mol. The van der Waals surface area contributed by atoms with Crippen LogP contribution >= 0.6 is 0 Å². The first-order valence-corrected chi connectivity index (χ1v) is 11.4. The Morgan fingerprint density at radius 1 is 0.935 bits per heavy atom. The van der Waals surface area contributed by atoms with Crippen LogP contribution in [0.1, 0.15) is 64.2 Å². The van der Waals surface area contributed by atoms with Gasteiger partial charge in [-0.05, 0) is 48.3 Å². The second kappa shape index (κ2) is 11.7. The van der Waals surface area contributed by atoms with Gasteiger partial charge in [0, 0.05) is 19.5 Å². The Hall–Kier alpha value is -2.62. The van der Waals surface area contributed by atoms with E-state index >= 15 is 0 Å². The van der Waals surface area contributed by atoms with Crippen LogP contribution in [-0.2, 0) is 27.8 Å². The van der Waals surface area contributed by atoms with Crippen molar-refractivity contribution < 1.29 is 9.59 Å². The molecule has 0 bridgehead atoms. The Kier molecular flexibility index (Phi) is 9.29. The highest BCUT2D eigenvalue weighted by atomic mass is 16.2. The van der Waals surface area contributed by atoms with Crippen LogP contribution in [0, 0.1) is 0 Å². The lowest BCUT2D eigenvalue weighted by atomic mass is 9.86. The number of carbonyl (C=O) groups is 2. The predicted octanol–water partition coefficient (Wildman–Crippen LogP) is 4.90. The lowest BCUT2D eigenvalue weighted by Crippen LogP contribution is -2.49. The number of rotatable bonds is 10. The van der Waals surface area contributed by atoms with E-state index in [4.69, 9.17) is 0 Å². The summed E-state index contributed by atoms with van der Waals surface area (Å²) >= 11 is 0. The van der Waals surface area contributed by atoms with E-state index in [0.29, 0.717) is 25.9 Å². The number of aryl methyl sites for hydroxylation is 1. The molecule has 2 rings (SSSR count). The fraction of sp³-hybridized carbons (Fsp3) is 0.481. The Morgan fingerprint density at radius 2 is 1.55 bits per heavy atom. The standard InChI is InChI=1S/C27H38N2O2/c1-6-19-28-26(31)21(2)29(20-18-22-10-8-7-9-11-22)25(30)17-14-23-12-15-24(16-13-23)27(3,4)5/h7-13,15-16,21H,6,14,17-20H2,1-5H3,(H,28,31)/t21-/m1/s1. The Labute approximate surface area is 188 Å². The number of nitrogens with one attached hydrogen (secondary N) is 1. The molecule has 0 radical (unpaired) electrons. The minimum absolute atomic E-state index is 0.0231. The first-order chi connectivity index (χ1) is 14.7. The lowest BCUT2D eigenvalue weighted by Gasteiger charge is -2.29. The minimum Gasteiger partial charge on any atom is -0.354 e. The van der Waals surface area contributed by atoms with E-state index in [-0.39, 0.29) is 17.2 Å². The number of benzene rings is 2. The molecule has 0 aromatic heterocycles. The maximum Gasteiger partial charge on any atom is 0.242 e. The number of hydrogen-bond donors (Lipinski definition) is 1. The zero-order valence-corrected chi connectivity index (χ0v) is 19.8. The fourth-order valence-corrected chi connectivity index (χ4v) is 3.53. The molecule has 1 atom stereocenters. The smallest absolute Gasteiger partial charge is 0.242 e. The molecule has 0 aliphatic heterocycles. The molecule has 2 amide bonds. The van der Waals surface area contributed by atoms with E-state index < -0.39 is 6.04 Å². The van der Waals surface area contributed by atoms with Crippen LogP contribution in [-0.4, -0.2) is 35.8 Å². The van der Waals surface area contributed by atoms with Gasteiger partial charge in [-0.15, -0.1) is 0 Å². The van der Waals surface area contributed by atoms with E-state index in [2.05, 4.69) is 62.5 Å². The van der Waals surface area contributed by atoms with Crippen molar-refractivity contribution >= 4 is 11.8 Å². The van der Waals surface area contributed by atoms with E-state index in [1.807, 2.05) is 32.0 Å². The molecule has 0 aliphatic rings. The van der Waals surface area contributed by atoms with Crippen LogP contribution in [0.3, 0.4) is 0 Å². The maximum absolute atomic E-state index is 13.1. The number of amides is 2. The molecule has 0 saturated carbocycles. The van der Waals surface area contributed by atoms with Gasteiger partial charge in [0.25, 0.3) is 0 Å². The van der Waals surface area contributed by atoms with Gasteiger partial charge < -0.3 is 10.2 Å². The molecule has 0 heterocycles. The van der Waals surface area contributed by atoms with Crippen molar-refractivity contribution in [3.8, 4) is 0 Å². The summed E-state index contributed by atoms with van der Waals surface area (Å²) in [7, 11) is 0. The molecule has 4 heteroatoms. The van der Waals surface area contributed by atoms with Gasteiger partial charge in [0.2, 0.25) is 11.8 Å². The highest BCUT2D eigenvalue weighted by Gasteiger charge is 2.25. The minimum atomic E-state index is -0.481. The van der Waals surface area contributed by atoms with Crippen molar-refractivity contribution in [3.05, 3.63) is 71.3 Å². The molecule has 0 fully saturated rings. The maximum atomic E-state index is 13.1. The number of carbonyl (C=O) groups excluding carboxylic acids is 2. The van der Waals surface area contributed by atoms with Crippen LogP contribution in [0.25, 0.3) is 0 Å². The van der Waals surface area contributed by atoms with E-state index in [9.17, 15) is 9.59 Å². The Balaban J connectivity index is 2.04. The highest BCUT2D eigenvalue weighted by Crippen LogP contribution is 2.22. The van der Waals surface area contributed by atoms with Crippen LogP contribution in [0.5, 0.6) is 0 Å². The molecule has 31 heavy (non-hydrogen) atoms. The topological polar surface area (TPSA) is 49.4 Å². The first kappa shape index (κ1) is 24.6. The van der Waals surface area contributed by atoms with Gasteiger partial charge in [-0.1, -0.05) is 82.3 Å². The molecule has 1 N–H and O–H groups in total. The van der Waals surface area contributed by atoms with Crippen molar-refractivity contribution in [3.63, 3.8) is 0 Å². The molecule has 2 aromatic rings. The van der Waals surface area contributed by atoms with E-state index in [1.165, 1.54) is 11.1 Å². The normalized spacial score (nSPS) is 12.3. The summed E-state index contributed by atoms with van der Waals surface area (Å²) in [5, 5.41) is 2.93. The van der Waals surface area contributed by atoms with Gasteiger partial charge in [0.05, 0.1) is 0 Å². The average Bonchev–Trinajstić information content (AvgIpc) is 2.76. The molecule has 4 nitrogen and oxygen atoms in total. The van der Waals surface area contributed by atoms with Crippen LogP contribution in [0.4, 0.5) is 0 Å². The van der Waals surface area contributed by atoms with Gasteiger partial charge in [-0.2, -0.15) is 0 Å². The Morgan fingerprint density at radius 3 is 2.13 bits per heavy atom. The Bertz CT molecular complexity index is 823. The highest BCUT2D eigenvalue weighted by molar-refractivity contribution is 5.87. The number of hydrogen-bond acceptors (Lipinski definition) is 2. The van der Waals surface area contributed by atoms with Gasteiger partial charge in [0.15, 0.2) is 0 Å². The largest absolute Gasteiger partial charge is 0.354 e. The SMILES string of the molecule is CCCNC(=O)[C@@H](C)N(CCc1ccccc1)C(=O)CCc1ccc(C(C)(C)C)cc1. The van der Waals surface area contributed by atoms with Crippen LogP contribution in [0.2, 0.25) is 0 Å². The van der Waals surface area contributed by atoms with Gasteiger partial charge in [0.1, 0.15) is 6.04 Å². The lowest BCUT2D eigenvalue weighted by molar-refractivity contribution is -0.139. The fourth-order valence-electron chi connectivity index (χ4n) is 3.53. The monoisotopic (exact) mass is 422 g/mol. The molecule has 0 aliphatic carbocycles. The summed E-state index contributed by atoms with van der Waals surface area (Å²) in [6.07, 6.45) is 2.68. The second-order valence-corrected chi connectivity index (χ2v) is 9.24. The molecule has 0 saturated heterocycles. The van der Waals surface area contributed by atoms with E-state index in [0.717, 1.165) is 18.4 Å². The van der Waals surface area contributed by atoms with Crippen molar-refractivity contribution in [2.75, 3.05) is 13.1 Å². The van der Waals surface area contributed by atoms with Crippen molar-refractivity contribution in [2.45, 2.75) is 71.8 Å². The third-order valence-electron chi connectivity index (χ3n) is 5.65. The van der Waals surface area contributed by atoms with Crippen LogP contribution in [0.15, 0.2) is 54.6 Å². The first-order valence-electron chi connectivity index (χ1n) is 11.4. The zero-order chi connectivity index (χ0) is 22.9. The summed E-state index contributed by atoms with van der Waals surface area (Å²) in [4.78, 5) is 27.4. The predicted molar refractivity (Wildman–Crippen MR) is 128 cm³/mol. The molecule has 168 valence electrons. The molecular formula is C27H38N2O2.